The number of carbonyl (C=O) groups is 1. The Morgan fingerprint density at radius 1 is 1.24 bits per heavy atom. The first kappa shape index (κ1) is 15.8. The summed E-state index contributed by atoms with van der Waals surface area (Å²) in [5.41, 5.74) is 1.79. The summed E-state index contributed by atoms with van der Waals surface area (Å²) in [6, 6.07) is 5.30. The number of rotatable bonds is 4. The lowest BCUT2D eigenvalue weighted by molar-refractivity contribution is 0.102. The molecule has 0 spiro atoms. The normalized spacial score (nSPS) is 10.1. The van der Waals surface area contributed by atoms with Gasteiger partial charge in [0.1, 0.15) is 5.75 Å². The second-order valence-corrected chi connectivity index (χ2v) is 5.80. The summed E-state index contributed by atoms with van der Waals surface area (Å²) in [5, 5.41) is 5.80. The van der Waals surface area contributed by atoms with Crippen LogP contribution in [0.1, 0.15) is 10.4 Å². The number of pyridine rings is 1. The first-order valence-electron chi connectivity index (χ1n) is 6.03. The van der Waals surface area contributed by atoms with Crippen LogP contribution in [-0.4, -0.2) is 25.0 Å². The predicted octanol–water partition coefficient (Wildman–Crippen LogP) is 3.91. The number of nitrogens with zero attached hydrogens (tertiary/aromatic N) is 1. The Hall–Kier alpha value is -1.60. The highest BCUT2D eigenvalue weighted by Gasteiger charge is 2.14. The van der Waals surface area contributed by atoms with Crippen molar-refractivity contribution in [3.8, 4) is 5.75 Å². The molecule has 0 atom stereocenters. The highest BCUT2D eigenvalue weighted by Crippen LogP contribution is 2.34. The molecule has 1 aromatic carbocycles. The third-order valence-electron chi connectivity index (χ3n) is 2.82. The van der Waals surface area contributed by atoms with Crippen LogP contribution in [0.2, 0.25) is 0 Å². The van der Waals surface area contributed by atoms with E-state index in [-0.39, 0.29) is 5.91 Å². The topological polar surface area (TPSA) is 63.2 Å². The quantitative estimate of drug-likeness (QED) is 0.796. The first-order chi connectivity index (χ1) is 10.1. The molecule has 110 valence electrons. The summed E-state index contributed by atoms with van der Waals surface area (Å²) in [7, 11) is 3.32. The van der Waals surface area contributed by atoms with Crippen LogP contribution in [0.25, 0.3) is 0 Å². The molecule has 0 aliphatic heterocycles. The zero-order valence-corrected chi connectivity index (χ0v) is 14.6. The lowest BCUT2D eigenvalue weighted by Gasteiger charge is -2.12. The van der Waals surface area contributed by atoms with Gasteiger partial charge >= 0.3 is 0 Å². The minimum Gasteiger partial charge on any atom is -0.495 e. The van der Waals surface area contributed by atoms with E-state index in [0.717, 1.165) is 8.95 Å². The van der Waals surface area contributed by atoms with Crippen molar-refractivity contribution in [2.45, 2.75) is 0 Å². The third-order valence-corrected chi connectivity index (χ3v) is 4.10. The molecular weight excluding hydrogens is 402 g/mol. The molecule has 0 bridgehead atoms. The second kappa shape index (κ2) is 6.91. The van der Waals surface area contributed by atoms with E-state index in [1.807, 2.05) is 6.07 Å². The molecule has 21 heavy (non-hydrogen) atoms. The molecule has 7 heteroatoms. The number of anilines is 2. The van der Waals surface area contributed by atoms with Gasteiger partial charge in [-0.15, -0.1) is 0 Å². The summed E-state index contributed by atoms with van der Waals surface area (Å²) < 4.78 is 6.78. The first-order valence-corrected chi connectivity index (χ1v) is 7.61. The lowest BCUT2D eigenvalue weighted by atomic mass is 10.2. The van der Waals surface area contributed by atoms with Crippen LogP contribution in [-0.2, 0) is 0 Å². The molecule has 0 aliphatic rings. The molecule has 1 amide bonds. The van der Waals surface area contributed by atoms with Crippen molar-refractivity contribution in [2.24, 2.45) is 0 Å². The number of hydrogen-bond donors (Lipinski definition) is 2. The van der Waals surface area contributed by atoms with Gasteiger partial charge in [0.25, 0.3) is 5.91 Å². The Morgan fingerprint density at radius 3 is 2.67 bits per heavy atom. The van der Waals surface area contributed by atoms with Crippen LogP contribution in [0.4, 0.5) is 11.4 Å². The predicted molar refractivity (Wildman–Crippen MR) is 90.1 cm³/mol. The van der Waals surface area contributed by atoms with Gasteiger partial charge in [-0.05, 0) is 44.0 Å². The van der Waals surface area contributed by atoms with Gasteiger partial charge in [-0.25, -0.2) is 0 Å². The summed E-state index contributed by atoms with van der Waals surface area (Å²) in [5.74, 6) is 0.381. The maximum Gasteiger partial charge on any atom is 0.259 e. The summed E-state index contributed by atoms with van der Waals surface area (Å²) >= 11 is 6.80. The van der Waals surface area contributed by atoms with E-state index in [1.54, 1.807) is 32.5 Å². The number of methoxy groups -OCH3 is 1. The van der Waals surface area contributed by atoms with Gasteiger partial charge in [0, 0.05) is 35.7 Å². The maximum atomic E-state index is 12.4. The molecule has 5 nitrogen and oxygen atoms in total. The van der Waals surface area contributed by atoms with E-state index >= 15 is 0 Å². The second-order valence-electron chi connectivity index (χ2n) is 4.09. The Balaban J connectivity index is 2.31. The largest absolute Gasteiger partial charge is 0.495 e. The zero-order valence-electron chi connectivity index (χ0n) is 11.4. The fourth-order valence-electron chi connectivity index (χ4n) is 1.76. The van der Waals surface area contributed by atoms with Crippen molar-refractivity contribution in [3.63, 3.8) is 0 Å². The molecule has 1 aromatic heterocycles. The summed E-state index contributed by atoms with van der Waals surface area (Å²) in [6.45, 7) is 0. The van der Waals surface area contributed by atoms with Gasteiger partial charge in [0.15, 0.2) is 0 Å². The Labute approximate surface area is 139 Å². The fourth-order valence-corrected chi connectivity index (χ4v) is 3.02. The minimum absolute atomic E-state index is 0.252. The smallest absolute Gasteiger partial charge is 0.259 e. The minimum atomic E-state index is -0.252. The third kappa shape index (κ3) is 3.54. The van der Waals surface area contributed by atoms with E-state index in [9.17, 15) is 4.79 Å². The molecule has 0 radical (unpaired) electrons. The number of benzene rings is 1. The Bertz CT molecular complexity index is 677. The summed E-state index contributed by atoms with van der Waals surface area (Å²) in [6.07, 6.45) is 3.15. The highest BCUT2D eigenvalue weighted by atomic mass is 79.9. The van der Waals surface area contributed by atoms with Gasteiger partial charge in [-0.2, -0.15) is 0 Å². The average Bonchev–Trinajstić information content (AvgIpc) is 2.49. The van der Waals surface area contributed by atoms with E-state index in [1.165, 1.54) is 6.20 Å². The van der Waals surface area contributed by atoms with Crippen molar-refractivity contribution < 1.29 is 9.53 Å². The molecule has 2 rings (SSSR count). The molecular formula is C14H13Br2N3O2. The van der Waals surface area contributed by atoms with Crippen LogP contribution in [0.5, 0.6) is 5.75 Å². The monoisotopic (exact) mass is 413 g/mol. The number of nitrogens with one attached hydrogen (secondary N) is 2. The van der Waals surface area contributed by atoms with Crippen LogP contribution in [0.15, 0.2) is 39.5 Å². The fraction of sp³-hybridized carbons (Fsp3) is 0.143. The maximum absolute atomic E-state index is 12.4. The zero-order chi connectivity index (χ0) is 15.4. The number of amides is 1. The van der Waals surface area contributed by atoms with E-state index in [2.05, 4.69) is 47.5 Å². The van der Waals surface area contributed by atoms with E-state index in [0.29, 0.717) is 22.7 Å². The van der Waals surface area contributed by atoms with Crippen molar-refractivity contribution in [1.82, 2.24) is 4.98 Å². The number of aromatic nitrogens is 1. The standard InChI is InChI=1S/C14H13Br2N3O2/c1-17-11-3-4-18-7-8(11)14(20)19-12-6-13(21-2)10(16)5-9(12)15/h3-7H,1-2H3,(H,17,18)(H,19,20). The van der Waals surface area contributed by atoms with Gasteiger partial charge in [0.2, 0.25) is 0 Å². The van der Waals surface area contributed by atoms with Crippen molar-refractivity contribution in [3.05, 3.63) is 45.1 Å². The Kier molecular flexibility index (Phi) is 5.19. The molecule has 0 saturated carbocycles. The summed E-state index contributed by atoms with van der Waals surface area (Å²) in [4.78, 5) is 16.3. The van der Waals surface area contributed by atoms with Crippen molar-refractivity contribution >= 4 is 49.1 Å². The number of hydrogen-bond acceptors (Lipinski definition) is 4. The van der Waals surface area contributed by atoms with Gasteiger partial charge in [0.05, 0.1) is 22.8 Å². The molecule has 0 unspecified atom stereocenters. The van der Waals surface area contributed by atoms with Crippen LogP contribution in [0, 0.1) is 0 Å². The molecule has 0 saturated heterocycles. The Morgan fingerprint density at radius 2 is 2.00 bits per heavy atom. The molecule has 0 fully saturated rings. The number of ether oxygens (including phenoxy) is 1. The van der Waals surface area contributed by atoms with Gasteiger partial charge in [-0.3, -0.25) is 9.78 Å². The average molecular weight is 415 g/mol. The number of carbonyl (C=O) groups excluding carboxylic acids is 1. The van der Waals surface area contributed by atoms with Crippen LogP contribution >= 0.6 is 31.9 Å². The molecule has 2 aromatic rings. The van der Waals surface area contributed by atoms with E-state index < -0.39 is 0 Å². The van der Waals surface area contributed by atoms with Crippen molar-refractivity contribution in [2.75, 3.05) is 24.8 Å². The van der Waals surface area contributed by atoms with E-state index in [4.69, 9.17) is 4.74 Å². The SMILES string of the molecule is CNc1ccncc1C(=O)Nc1cc(OC)c(Br)cc1Br. The van der Waals surface area contributed by atoms with Crippen molar-refractivity contribution in [1.29, 1.82) is 0 Å². The number of halogens is 2. The highest BCUT2D eigenvalue weighted by molar-refractivity contribution is 9.11. The molecule has 1 heterocycles. The van der Waals surface area contributed by atoms with Crippen LogP contribution in [0.3, 0.4) is 0 Å². The molecule has 0 aliphatic carbocycles. The van der Waals surface area contributed by atoms with Gasteiger partial charge in [-0.1, -0.05) is 0 Å². The molecule has 2 N–H and O–H groups in total. The lowest BCUT2D eigenvalue weighted by Crippen LogP contribution is -2.14. The van der Waals surface area contributed by atoms with Gasteiger partial charge < -0.3 is 15.4 Å². The van der Waals surface area contributed by atoms with Crippen LogP contribution < -0.4 is 15.4 Å².